The largest absolute Gasteiger partial charge is 0.418 e. The molecule has 2 bridgehead atoms. The molecule has 0 aromatic heterocycles. The Balaban J connectivity index is 1.58. The number of piperidine rings is 2. The smallest absolute Gasteiger partial charge is 0.317 e. The number of hydrogen-bond donors (Lipinski definition) is 3. The van der Waals surface area contributed by atoms with Crippen LogP contribution in [-0.2, 0) is 24.3 Å². The fourth-order valence-corrected chi connectivity index (χ4v) is 3.62. The van der Waals surface area contributed by atoms with Crippen LogP contribution in [0.2, 0.25) is 0 Å². The van der Waals surface area contributed by atoms with Gasteiger partial charge < -0.3 is 10.2 Å². The lowest BCUT2D eigenvalue weighted by atomic mass is 10.0. The summed E-state index contributed by atoms with van der Waals surface area (Å²) in [5, 5.41) is 3.79. The molecule has 0 unspecified atom stereocenters. The molecule has 3 saturated heterocycles. The molecule has 12 heteroatoms. The molecule has 136 valence electrons. The van der Waals surface area contributed by atoms with Crippen LogP contribution in [0.15, 0.2) is 0 Å². The summed E-state index contributed by atoms with van der Waals surface area (Å²) in [5.74, 6) is -0.450. The number of nitrogens with zero attached hydrogens (tertiary/aromatic N) is 2. The SMILES string of the molecule is O=C(NOC1CCNCC1)[C@@H]1CC[C@@H]2CN1C(=O)N2OS(=O)(=O)O. The highest BCUT2D eigenvalue weighted by Crippen LogP contribution is 2.30. The third-order valence-corrected chi connectivity index (χ3v) is 4.76. The van der Waals surface area contributed by atoms with Crippen molar-refractivity contribution in [3.63, 3.8) is 0 Å². The van der Waals surface area contributed by atoms with E-state index in [1.165, 1.54) is 4.90 Å². The monoisotopic (exact) mass is 364 g/mol. The van der Waals surface area contributed by atoms with Gasteiger partial charge in [-0.1, -0.05) is 0 Å². The molecule has 0 aromatic carbocycles. The molecule has 3 amide bonds. The number of rotatable bonds is 5. The van der Waals surface area contributed by atoms with E-state index in [4.69, 9.17) is 9.39 Å². The summed E-state index contributed by atoms with van der Waals surface area (Å²) in [6.07, 6.45) is 2.23. The summed E-state index contributed by atoms with van der Waals surface area (Å²) in [6.45, 7) is 1.79. The van der Waals surface area contributed by atoms with Gasteiger partial charge >= 0.3 is 16.4 Å². The van der Waals surface area contributed by atoms with Crippen molar-refractivity contribution >= 4 is 22.3 Å². The number of amides is 3. The minimum absolute atomic E-state index is 0.0693. The Kier molecular flexibility index (Phi) is 4.92. The first-order valence-corrected chi connectivity index (χ1v) is 9.15. The van der Waals surface area contributed by atoms with Crippen LogP contribution in [0.3, 0.4) is 0 Å². The van der Waals surface area contributed by atoms with Gasteiger partial charge in [-0.3, -0.25) is 14.2 Å². The minimum Gasteiger partial charge on any atom is -0.317 e. The molecule has 24 heavy (non-hydrogen) atoms. The zero-order valence-electron chi connectivity index (χ0n) is 12.9. The highest BCUT2D eigenvalue weighted by atomic mass is 32.3. The summed E-state index contributed by atoms with van der Waals surface area (Å²) >= 11 is 0. The first-order valence-electron chi connectivity index (χ1n) is 7.78. The van der Waals surface area contributed by atoms with E-state index in [0.717, 1.165) is 25.9 Å². The molecule has 0 radical (unpaired) electrons. The fourth-order valence-electron chi connectivity index (χ4n) is 3.23. The molecular weight excluding hydrogens is 344 g/mol. The van der Waals surface area contributed by atoms with E-state index in [9.17, 15) is 18.0 Å². The van der Waals surface area contributed by atoms with E-state index in [1.807, 2.05) is 0 Å². The van der Waals surface area contributed by atoms with Crippen molar-refractivity contribution in [1.29, 1.82) is 0 Å². The number of hydroxylamine groups is 3. The van der Waals surface area contributed by atoms with Crippen molar-refractivity contribution < 1.29 is 31.7 Å². The third-order valence-electron chi connectivity index (χ3n) is 4.41. The average Bonchev–Trinajstić information content (AvgIpc) is 2.77. The maximum atomic E-state index is 12.3. The molecule has 0 aromatic rings. The first kappa shape index (κ1) is 17.4. The Morgan fingerprint density at radius 2 is 1.96 bits per heavy atom. The second kappa shape index (κ2) is 6.80. The second-order valence-electron chi connectivity index (χ2n) is 6.04. The van der Waals surface area contributed by atoms with Crippen molar-refractivity contribution in [2.75, 3.05) is 19.6 Å². The van der Waals surface area contributed by atoms with Crippen molar-refractivity contribution in [1.82, 2.24) is 20.8 Å². The van der Waals surface area contributed by atoms with E-state index < -0.39 is 34.4 Å². The van der Waals surface area contributed by atoms with E-state index in [1.54, 1.807) is 0 Å². The summed E-state index contributed by atoms with van der Waals surface area (Å²) in [6, 6.07) is -2.04. The number of carbonyl (C=O) groups excluding carboxylic acids is 2. The maximum absolute atomic E-state index is 12.3. The molecule has 0 spiro atoms. The zero-order chi connectivity index (χ0) is 17.3. The van der Waals surface area contributed by atoms with Gasteiger partial charge in [0.15, 0.2) is 0 Å². The predicted molar refractivity (Wildman–Crippen MR) is 78.5 cm³/mol. The standard InChI is InChI=1S/C12H20N4O7S/c17-11(14-22-9-3-5-13-6-4-9)10-2-1-8-7-15(10)12(18)16(8)23-24(19,20)21/h8-10,13H,1-7H2,(H,14,17)(H,19,20,21)/t8-,10+/m1/s1. The lowest BCUT2D eigenvalue weighted by Crippen LogP contribution is -2.50. The Bertz CT molecular complexity index is 607. The fraction of sp³-hybridized carbons (Fsp3) is 0.833. The lowest BCUT2D eigenvalue weighted by Gasteiger charge is -2.30. The minimum atomic E-state index is -4.79. The van der Waals surface area contributed by atoms with E-state index in [2.05, 4.69) is 15.1 Å². The molecule has 3 heterocycles. The van der Waals surface area contributed by atoms with Crippen molar-refractivity contribution in [2.45, 2.75) is 43.9 Å². The van der Waals surface area contributed by atoms with E-state index in [-0.39, 0.29) is 12.6 Å². The van der Waals surface area contributed by atoms with Crippen LogP contribution < -0.4 is 10.8 Å². The number of fused-ring (bicyclic) bond motifs is 2. The van der Waals surface area contributed by atoms with Crippen LogP contribution in [0.1, 0.15) is 25.7 Å². The number of nitrogens with one attached hydrogen (secondary N) is 2. The number of urea groups is 1. The van der Waals surface area contributed by atoms with Crippen molar-refractivity contribution in [3.05, 3.63) is 0 Å². The van der Waals surface area contributed by atoms with Gasteiger partial charge in [-0.05, 0) is 38.8 Å². The quantitative estimate of drug-likeness (QED) is 0.408. The van der Waals surface area contributed by atoms with Crippen molar-refractivity contribution in [3.8, 4) is 0 Å². The van der Waals surface area contributed by atoms with Gasteiger partial charge in [0.25, 0.3) is 5.91 Å². The van der Waals surface area contributed by atoms with Crippen LogP contribution in [0.5, 0.6) is 0 Å². The van der Waals surface area contributed by atoms with Gasteiger partial charge in [0.2, 0.25) is 0 Å². The third kappa shape index (κ3) is 3.78. The molecule has 3 rings (SSSR count). The lowest BCUT2D eigenvalue weighted by molar-refractivity contribution is -0.145. The Hall–Kier alpha value is -1.47. The Morgan fingerprint density at radius 3 is 2.62 bits per heavy atom. The van der Waals surface area contributed by atoms with Gasteiger partial charge in [0, 0.05) is 6.54 Å². The number of carbonyl (C=O) groups is 2. The number of hydrogen-bond acceptors (Lipinski definition) is 7. The van der Waals surface area contributed by atoms with Gasteiger partial charge in [-0.15, -0.1) is 4.28 Å². The van der Waals surface area contributed by atoms with Crippen LogP contribution in [0, 0.1) is 0 Å². The van der Waals surface area contributed by atoms with Gasteiger partial charge in [0.05, 0.1) is 12.1 Å². The highest BCUT2D eigenvalue weighted by molar-refractivity contribution is 7.80. The van der Waals surface area contributed by atoms with Gasteiger partial charge in [0.1, 0.15) is 6.04 Å². The normalized spacial score (nSPS) is 28.3. The topological polar surface area (TPSA) is 138 Å². The van der Waals surface area contributed by atoms with Crippen LogP contribution in [0.4, 0.5) is 4.79 Å². The highest BCUT2D eigenvalue weighted by Gasteiger charge is 2.49. The Morgan fingerprint density at radius 1 is 1.25 bits per heavy atom. The summed E-state index contributed by atoms with van der Waals surface area (Å²) in [5.41, 5.74) is 2.40. The van der Waals surface area contributed by atoms with Crippen molar-refractivity contribution in [2.24, 2.45) is 0 Å². The summed E-state index contributed by atoms with van der Waals surface area (Å²) in [7, 11) is -4.79. The van der Waals surface area contributed by atoms with Crippen LogP contribution >= 0.6 is 0 Å². The first-order chi connectivity index (χ1) is 11.3. The Labute approximate surface area is 139 Å². The summed E-state index contributed by atoms with van der Waals surface area (Å²) < 4.78 is 34.7. The zero-order valence-corrected chi connectivity index (χ0v) is 13.7. The van der Waals surface area contributed by atoms with Crippen LogP contribution in [0.25, 0.3) is 0 Å². The van der Waals surface area contributed by atoms with E-state index in [0.29, 0.717) is 17.9 Å². The predicted octanol–water partition coefficient (Wildman–Crippen LogP) is -1.21. The van der Waals surface area contributed by atoms with Gasteiger partial charge in [-0.25, -0.2) is 10.3 Å². The molecule has 3 N–H and O–H groups in total. The molecular formula is C12H20N4O7S. The average molecular weight is 364 g/mol. The van der Waals surface area contributed by atoms with E-state index >= 15 is 0 Å². The molecule has 0 saturated carbocycles. The maximum Gasteiger partial charge on any atom is 0.418 e. The summed E-state index contributed by atoms with van der Waals surface area (Å²) in [4.78, 5) is 31.1. The molecule has 3 fully saturated rings. The molecule has 3 aliphatic heterocycles. The molecule has 2 atom stereocenters. The van der Waals surface area contributed by atoms with Crippen LogP contribution in [-0.4, -0.2) is 72.7 Å². The molecule has 0 aliphatic carbocycles. The molecule has 11 nitrogen and oxygen atoms in total. The second-order valence-corrected chi connectivity index (χ2v) is 7.05. The van der Waals surface area contributed by atoms with Gasteiger partial charge in [-0.2, -0.15) is 13.5 Å². The molecule has 3 aliphatic rings.